The molecule has 0 saturated carbocycles. The number of aliphatic imine (C=N–C) groups is 1. The Balaban J connectivity index is 0.00000484. The monoisotopic (exact) mass is 431 g/mol. The largest absolute Gasteiger partial charge is 0.491 e. The van der Waals surface area contributed by atoms with Crippen LogP contribution in [0.15, 0.2) is 35.3 Å². The highest BCUT2D eigenvalue weighted by Crippen LogP contribution is 2.21. The molecular formula is C18H30IN3O. The number of benzene rings is 1. The van der Waals surface area contributed by atoms with Crippen molar-refractivity contribution in [1.82, 2.24) is 10.6 Å². The lowest BCUT2D eigenvalue weighted by Gasteiger charge is -2.17. The summed E-state index contributed by atoms with van der Waals surface area (Å²) >= 11 is 0. The lowest BCUT2D eigenvalue weighted by atomic mass is 10.1. The van der Waals surface area contributed by atoms with Crippen LogP contribution in [0.3, 0.4) is 0 Å². The minimum atomic E-state index is 0. The van der Waals surface area contributed by atoms with Crippen molar-refractivity contribution < 1.29 is 4.74 Å². The third-order valence-electron chi connectivity index (χ3n) is 3.09. The average molecular weight is 431 g/mol. The van der Waals surface area contributed by atoms with Crippen molar-refractivity contribution in [2.45, 2.75) is 46.8 Å². The van der Waals surface area contributed by atoms with Gasteiger partial charge in [0.2, 0.25) is 0 Å². The molecule has 130 valence electrons. The summed E-state index contributed by atoms with van der Waals surface area (Å²) in [7, 11) is 1.78. The van der Waals surface area contributed by atoms with Gasteiger partial charge < -0.3 is 15.4 Å². The smallest absolute Gasteiger partial charge is 0.191 e. The molecule has 5 heteroatoms. The molecule has 0 unspecified atom stereocenters. The molecule has 23 heavy (non-hydrogen) atoms. The molecule has 1 aromatic carbocycles. The number of aryl methyl sites for hydroxylation is 1. The lowest BCUT2D eigenvalue weighted by molar-refractivity contribution is 0.239. The van der Waals surface area contributed by atoms with Crippen molar-refractivity contribution in [1.29, 1.82) is 0 Å². The molecule has 0 radical (unpaired) electrons. The number of rotatable bonds is 7. The van der Waals surface area contributed by atoms with Crippen molar-refractivity contribution >= 4 is 29.9 Å². The van der Waals surface area contributed by atoms with E-state index in [1.54, 1.807) is 7.05 Å². The van der Waals surface area contributed by atoms with Crippen LogP contribution in [-0.2, 0) is 6.54 Å². The van der Waals surface area contributed by atoms with Gasteiger partial charge in [0.05, 0.1) is 6.10 Å². The van der Waals surface area contributed by atoms with Gasteiger partial charge >= 0.3 is 0 Å². The van der Waals surface area contributed by atoms with Gasteiger partial charge in [-0.05, 0) is 45.7 Å². The highest BCUT2D eigenvalue weighted by Gasteiger charge is 2.07. The zero-order valence-corrected chi connectivity index (χ0v) is 17.2. The first-order chi connectivity index (χ1) is 10.6. The first-order valence-corrected chi connectivity index (χ1v) is 7.88. The molecule has 1 aromatic rings. The number of hydrogen-bond acceptors (Lipinski definition) is 2. The Morgan fingerprint density at radius 3 is 2.65 bits per heavy atom. The SMILES string of the molecule is C/C=C/CCNC(=NC)NCc1ccc(C)cc1OC(C)C.I. The molecule has 0 amide bonds. The van der Waals surface area contributed by atoms with E-state index < -0.39 is 0 Å². The second kappa shape index (κ2) is 12.2. The zero-order chi connectivity index (χ0) is 16.4. The van der Waals surface area contributed by atoms with Crippen LogP contribution in [0.2, 0.25) is 0 Å². The summed E-state index contributed by atoms with van der Waals surface area (Å²) in [4.78, 5) is 4.24. The molecule has 0 aliphatic heterocycles. The highest BCUT2D eigenvalue weighted by molar-refractivity contribution is 14.0. The Morgan fingerprint density at radius 1 is 1.30 bits per heavy atom. The summed E-state index contributed by atoms with van der Waals surface area (Å²) in [6.07, 6.45) is 5.34. The van der Waals surface area contributed by atoms with Gasteiger partial charge in [0, 0.05) is 25.7 Å². The van der Waals surface area contributed by atoms with E-state index in [0.29, 0.717) is 6.54 Å². The molecule has 2 N–H and O–H groups in total. The normalized spacial score (nSPS) is 11.5. The minimum absolute atomic E-state index is 0. The first-order valence-electron chi connectivity index (χ1n) is 7.88. The minimum Gasteiger partial charge on any atom is -0.491 e. The third-order valence-corrected chi connectivity index (χ3v) is 3.09. The van der Waals surface area contributed by atoms with Crippen LogP contribution in [0.25, 0.3) is 0 Å². The highest BCUT2D eigenvalue weighted by atomic mass is 127. The zero-order valence-electron chi connectivity index (χ0n) is 14.8. The molecule has 0 atom stereocenters. The second-order valence-corrected chi connectivity index (χ2v) is 5.49. The molecular weight excluding hydrogens is 401 g/mol. The first kappa shape index (κ1) is 21.8. The predicted molar refractivity (Wildman–Crippen MR) is 110 cm³/mol. The van der Waals surface area contributed by atoms with Crippen LogP contribution in [0.4, 0.5) is 0 Å². The summed E-state index contributed by atoms with van der Waals surface area (Å²) in [6.45, 7) is 9.74. The molecule has 4 nitrogen and oxygen atoms in total. The van der Waals surface area contributed by atoms with Crippen molar-refractivity contribution in [3.63, 3.8) is 0 Å². The van der Waals surface area contributed by atoms with Gasteiger partial charge in [-0.25, -0.2) is 0 Å². The summed E-state index contributed by atoms with van der Waals surface area (Å²) < 4.78 is 5.90. The van der Waals surface area contributed by atoms with Crippen LogP contribution in [0.5, 0.6) is 5.75 Å². The number of guanidine groups is 1. The van der Waals surface area contributed by atoms with Gasteiger partial charge in [0.25, 0.3) is 0 Å². The molecule has 1 rings (SSSR count). The van der Waals surface area contributed by atoms with Crippen LogP contribution in [-0.4, -0.2) is 25.7 Å². The third kappa shape index (κ3) is 8.83. The maximum absolute atomic E-state index is 5.90. The fourth-order valence-electron chi connectivity index (χ4n) is 2.01. The quantitative estimate of drug-likeness (QED) is 0.225. The predicted octanol–water partition coefficient (Wildman–Crippen LogP) is 4.03. The van der Waals surface area contributed by atoms with Gasteiger partial charge in [-0.1, -0.05) is 24.3 Å². The van der Waals surface area contributed by atoms with Gasteiger partial charge in [-0.3, -0.25) is 4.99 Å². The fourth-order valence-corrected chi connectivity index (χ4v) is 2.01. The van der Waals surface area contributed by atoms with Crippen molar-refractivity contribution in [2.75, 3.05) is 13.6 Å². The standard InChI is InChI=1S/C18H29N3O.HI/c1-6-7-8-11-20-18(19-5)21-13-16-10-9-15(4)12-17(16)22-14(2)3;/h6-7,9-10,12,14H,8,11,13H2,1-5H3,(H2,19,20,21);1H/b7-6+;. The Labute approximate surface area is 157 Å². The molecule has 0 aliphatic carbocycles. The van der Waals surface area contributed by atoms with Crippen LogP contribution < -0.4 is 15.4 Å². The lowest BCUT2D eigenvalue weighted by Crippen LogP contribution is -2.37. The van der Waals surface area contributed by atoms with Gasteiger partial charge in [-0.15, -0.1) is 24.0 Å². The van der Waals surface area contributed by atoms with Crippen LogP contribution >= 0.6 is 24.0 Å². The van der Waals surface area contributed by atoms with E-state index in [4.69, 9.17) is 4.74 Å². The number of halogens is 1. The Hall–Kier alpha value is -1.24. The number of nitrogens with zero attached hydrogens (tertiary/aromatic N) is 1. The van der Waals surface area contributed by atoms with E-state index in [2.05, 4.69) is 52.9 Å². The van der Waals surface area contributed by atoms with E-state index in [0.717, 1.165) is 30.2 Å². The fraction of sp³-hybridized carbons (Fsp3) is 0.500. The molecule has 0 spiro atoms. The van der Waals surface area contributed by atoms with Crippen LogP contribution in [0, 0.1) is 6.92 Å². The Morgan fingerprint density at radius 2 is 2.04 bits per heavy atom. The van der Waals surface area contributed by atoms with Gasteiger partial charge in [0.1, 0.15) is 5.75 Å². The van der Waals surface area contributed by atoms with Gasteiger partial charge in [0.15, 0.2) is 5.96 Å². The number of nitrogens with one attached hydrogen (secondary N) is 2. The molecule has 0 saturated heterocycles. The second-order valence-electron chi connectivity index (χ2n) is 5.49. The molecule has 0 bridgehead atoms. The van der Waals surface area contributed by atoms with E-state index in [9.17, 15) is 0 Å². The molecule has 0 fully saturated rings. The number of hydrogen-bond donors (Lipinski definition) is 2. The van der Waals surface area contributed by atoms with E-state index in [1.165, 1.54) is 5.56 Å². The summed E-state index contributed by atoms with van der Waals surface area (Å²) in [5.74, 6) is 1.74. The Bertz CT molecular complexity index is 513. The van der Waals surface area contributed by atoms with E-state index in [-0.39, 0.29) is 30.1 Å². The average Bonchev–Trinajstić information content (AvgIpc) is 2.47. The number of ether oxygens (including phenoxy) is 1. The maximum Gasteiger partial charge on any atom is 0.191 e. The van der Waals surface area contributed by atoms with E-state index in [1.807, 2.05) is 20.8 Å². The summed E-state index contributed by atoms with van der Waals surface area (Å²) in [5.41, 5.74) is 2.34. The molecule has 0 aromatic heterocycles. The topological polar surface area (TPSA) is 45.7 Å². The summed E-state index contributed by atoms with van der Waals surface area (Å²) in [6, 6.07) is 6.29. The van der Waals surface area contributed by atoms with Crippen LogP contribution in [0.1, 0.15) is 38.3 Å². The Kier molecular flexibility index (Phi) is 11.6. The maximum atomic E-state index is 5.90. The number of allylic oxidation sites excluding steroid dienone is 1. The molecule has 0 aliphatic rings. The van der Waals surface area contributed by atoms with Crippen molar-refractivity contribution in [2.24, 2.45) is 4.99 Å². The van der Waals surface area contributed by atoms with E-state index >= 15 is 0 Å². The molecule has 0 heterocycles. The van der Waals surface area contributed by atoms with Crippen molar-refractivity contribution in [3.05, 3.63) is 41.5 Å². The summed E-state index contributed by atoms with van der Waals surface area (Å²) in [5, 5.41) is 6.62. The van der Waals surface area contributed by atoms with Gasteiger partial charge in [-0.2, -0.15) is 0 Å². The van der Waals surface area contributed by atoms with Crippen molar-refractivity contribution in [3.8, 4) is 5.75 Å².